The second-order valence-electron chi connectivity index (χ2n) is 6.00. The number of fused-ring (bicyclic) bond motifs is 5. The van der Waals surface area contributed by atoms with Crippen LogP contribution in [0, 0.1) is 17.8 Å². The number of hydrogen-bond acceptors (Lipinski definition) is 3. The van der Waals surface area contributed by atoms with Gasteiger partial charge in [0, 0.05) is 11.8 Å². The Morgan fingerprint density at radius 2 is 2.00 bits per heavy atom. The zero-order chi connectivity index (χ0) is 14.4. The van der Waals surface area contributed by atoms with E-state index in [1.165, 1.54) is 7.11 Å². The van der Waals surface area contributed by atoms with E-state index in [9.17, 15) is 4.79 Å². The molecular weight excluding hydrogens is 264 g/mol. The summed E-state index contributed by atoms with van der Waals surface area (Å²) >= 11 is 0. The first-order valence-electron chi connectivity index (χ1n) is 7.43. The van der Waals surface area contributed by atoms with Crippen LogP contribution in [0.5, 0.6) is 0 Å². The molecule has 108 valence electrons. The Labute approximate surface area is 124 Å². The van der Waals surface area contributed by atoms with Crippen LogP contribution < -0.4 is 0 Å². The fourth-order valence-electron chi connectivity index (χ4n) is 4.32. The van der Waals surface area contributed by atoms with E-state index in [-0.39, 0.29) is 23.9 Å². The van der Waals surface area contributed by atoms with Crippen molar-refractivity contribution >= 4 is 5.97 Å². The molecule has 0 aromatic heterocycles. The number of ether oxygens (including phenoxy) is 2. The van der Waals surface area contributed by atoms with Crippen molar-refractivity contribution in [1.29, 1.82) is 0 Å². The van der Waals surface area contributed by atoms with E-state index < -0.39 is 5.60 Å². The molecule has 21 heavy (non-hydrogen) atoms. The molecule has 3 nitrogen and oxygen atoms in total. The summed E-state index contributed by atoms with van der Waals surface area (Å²) in [6.45, 7) is 0. The van der Waals surface area contributed by atoms with Crippen molar-refractivity contribution in [2.75, 3.05) is 7.11 Å². The molecule has 0 amide bonds. The molecule has 3 heteroatoms. The van der Waals surface area contributed by atoms with Crippen molar-refractivity contribution in [3.05, 3.63) is 60.2 Å². The van der Waals surface area contributed by atoms with E-state index in [0.717, 1.165) is 12.0 Å². The first-order chi connectivity index (χ1) is 10.3. The first kappa shape index (κ1) is 12.8. The van der Waals surface area contributed by atoms with Crippen molar-refractivity contribution < 1.29 is 14.3 Å². The molecule has 2 aliphatic heterocycles. The number of hydrogen-bond donors (Lipinski definition) is 0. The van der Waals surface area contributed by atoms with Gasteiger partial charge in [0.1, 0.15) is 5.60 Å². The van der Waals surface area contributed by atoms with Gasteiger partial charge in [-0.25, -0.2) is 0 Å². The molecule has 4 rings (SSSR count). The lowest BCUT2D eigenvalue weighted by atomic mass is 9.62. The molecule has 0 saturated carbocycles. The molecule has 0 spiro atoms. The summed E-state index contributed by atoms with van der Waals surface area (Å²) < 4.78 is 11.5. The highest BCUT2D eigenvalue weighted by Gasteiger charge is 2.66. The van der Waals surface area contributed by atoms with Crippen LogP contribution in [0.2, 0.25) is 0 Å². The predicted octanol–water partition coefficient (Wildman–Crippen LogP) is 2.83. The molecule has 3 unspecified atom stereocenters. The largest absolute Gasteiger partial charge is 0.469 e. The van der Waals surface area contributed by atoms with Crippen LogP contribution in [0.15, 0.2) is 54.6 Å². The Hall–Kier alpha value is -1.87. The van der Waals surface area contributed by atoms with Gasteiger partial charge in [0.15, 0.2) is 0 Å². The van der Waals surface area contributed by atoms with Gasteiger partial charge >= 0.3 is 5.97 Å². The van der Waals surface area contributed by atoms with Crippen molar-refractivity contribution in [2.24, 2.45) is 17.8 Å². The summed E-state index contributed by atoms with van der Waals surface area (Å²) in [5.41, 5.74) is 0.501. The number of benzene rings is 1. The third-order valence-corrected chi connectivity index (χ3v) is 5.14. The maximum Gasteiger partial charge on any atom is 0.312 e. The summed E-state index contributed by atoms with van der Waals surface area (Å²) in [6, 6.07) is 10.1. The highest BCUT2D eigenvalue weighted by Crippen LogP contribution is 2.61. The zero-order valence-electron chi connectivity index (χ0n) is 11.9. The van der Waals surface area contributed by atoms with Crippen LogP contribution in [0.4, 0.5) is 0 Å². The fourth-order valence-corrected chi connectivity index (χ4v) is 4.32. The average molecular weight is 282 g/mol. The predicted molar refractivity (Wildman–Crippen MR) is 78.4 cm³/mol. The van der Waals surface area contributed by atoms with Gasteiger partial charge in [-0.15, -0.1) is 0 Å². The lowest BCUT2D eigenvalue weighted by molar-refractivity contribution is -0.153. The van der Waals surface area contributed by atoms with Crippen LogP contribution >= 0.6 is 0 Å². The molecule has 2 heterocycles. The van der Waals surface area contributed by atoms with Crippen molar-refractivity contribution in [1.82, 2.24) is 0 Å². The van der Waals surface area contributed by atoms with Crippen molar-refractivity contribution in [3.63, 3.8) is 0 Å². The van der Waals surface area contributed by atoms with Gasteiger partial charge in [0.2, 0.25) is 0 Å². The minimum Gasteiger partial charge on any atom is -0.469 e. The smallest absolute Gasteiger partial charge is 0.312 e. The van der Waals surface area contributed by atoms with Gasteiger partial charge < -0.3 is 9.47 Å². The summed E-state index contributed by atoms with van der Waals surface area (Å²) in [6.07, 6.45) is 9.38. The van der Waals surface area contributed by atoms with Crippen molar-refractivity contribution in [3.8, 4) is 0 Å². The van der Waals surface area contributed by atoms with Gasteiger partial charge in [0.25, 0.3) is 0 Å². The van der Waals surface area contributed by atoms with Gasteiger partial charge in [-0.1, -0.05) is 54.6 Å². The number of carbonyl (C=O) groups is 1. The van der Waals surface area contributed by atoms with Crippen LogP contribution in [-0.2, 0) is 19.9 Å². The first-order valence-corrected chi connectivity index (χ1v) is 7.43. The van der Waals surface area contributed by atoms with Gasteiger partial charge in [-0.2, -0.15) is 0 Å². The molecular formula is C18H18O3. The molecule has 0 N–H and O–H groups in total. The van der Waals surface area contributed by atoms with E-state index in [1.54, 1.807) is 0 Å². The Morgan fingerprint density at radius 3 is 2.76 bits per heavy atom. The Balaban J connectivity index is 1.86. The van der Waals surface area contributed by atoms with Crippen LogP contribution in [0.1, 0.15) is 12.0 Å². The van der Waals surface area contributed by atoms with Crippen molar-refractivity contribution in [2.45, 2.75) is 18.1 Å². The minimum absolute atomic E-state index is 0.0977. The molecule has 1 aliphatic carbocycles. The molecule has 3 aliphatic rings. The maximum absolute atomic E-state index is 12.3. The molecule has 0 radical (unpaired) electrons. The van der Waals surface area contributed by atoms with E-state index in [1.807, 2.05) is 18.2 Å². The highest BCUT2D eigenvalue weighted by atomic mass is 16.5. The van der Waals surface area contributed by atoms with E-state index in [4.69, 9.17) is 9.47 Å². The third kappa shape index (κ3) is 1.61. The normalized spacial score (nSPS) is 39.3. The summed E-state index contributed by atoms with van der Waals surface area (Å²) in [7, 11) is 1.46. The third-order valence-electron chi connectivity index (χ3n) is 5.14. The van der Waals surface area contributed by atoms with E-state index in [0.29, 0.717) is 5.92 Å². The highest BCUT2D eigenvalue weighted by molar-refractivity contribution is 5.75. The summed E-state index contributed by atoms with van der Waals surface area (Å²) in [5.74, 6) is 0.166. The number of allylic oxidation sites excluding steroid dienone is 2. The van der Waals surface area contributed by atoms with E-state index in [2.05, 4.69) is 36.4 Å². The Morgan fingerprint density at radius 1 is 1.24 bits per heavy atom. The van der Waals surface area contributed by atoms with Gasteiger partial charge in [-0.05, 0) is 12.0 Å². The molecule has 5 atom stereocenters. The molecule has 1 aromatic carbocycles. The molecule has 1 aromatic rings. The van der Waals surface area contributed by atoms with Crippen LogP contribution in [0.3, 0.4) is 0 Å². The molecule has 2 fully saturated rings. The fraction of sp³-hybridized carbons (Fsp3) is 0.389. The van der Waals surface area contributed by atoms with Gasteiger partial charge in [-0.3, -0.25) is 4.79 Å². The van der Waals surface area contributed by atoms with Crippen LogP contribution in [0.25, 0.3) is 0 Å². The molecule has 2 bridgehead atoms. The zero-order valence-corrected chi connectivity index (χ0v) is 11.9. The second-order valence-corrected chi connectivity index (χ2v) is 6.00. The molecule has 2 saturated heterocycles. The average Bonchev–Trinajstić information content (AvgIpc) is 3.11. The number of esters is 1. The maximum atomic E-state index is 12.3. The standard InChI is InChI=1S/C18H18O3/c1-20-17(19)15-11-16-13-9-5-6-10-14(13)18(15,21-16)12-7-3-2-4-8-12/h2-10,13-16H,11H2,1H3/t13?,14?,15?,16-,18-/m0/s1. The Bertz CT molecular complexity index is 619. The summed E-state index contributed by atoms with van der Waals surface area (Å²) in [5, 5.41) is 0. The number of methoxy groups -OCH3 is 1. The minimum atomic E-state index is -0.578. The lowest BCUT2D eigenvalue weighted by Gasteiger charge is -2.39. The number of rotatable bonds is 2. The van der Waals surface area contributed by atoms with Gasteiger partial charge in [0.05, 0.1) is 19.1 Å². The SMILES string of the molecule is COC(=O)C1C[C@@H]2O[C@@]1(c1ccccc1)C1C=CC=CC12. The van der Waals surface area contributed by atoms with Crippen LogP contribution in [-0.4, -0.2) is 19.2 Å². The topological polar surface area (TPSA) is 35.5 Å². The summed E-state index contributed by atoms with van der Waals surface area (Å²) in [4.78, 5) is 12.3. The quantitative estimate of drug-likeness (QED) is 0.782. The van der Waals surface area contributed by atoms with E-state index >= 15 is 0 Å². The lowest BCUT2D eigenvalue weighted by Crippen LogP contribution is -2.45. The monoisotopic (exact) mass is 282 g/mol. The Kier molecular flexibility index (Phi) is 2.79. The number of carbonyl (C=O) groups excluding carboxylic acids is 1. The second kappa shape index (κ2) is 4.57.